The highest BCUT2D eigenvalue weighted by Crippen LogP contribution is 2.19. The highest BCUT2D eigenvalue weighted by molar-refractivity contribution is 6.29. The van der Waals surface area contributed by atoms with E-state index in [9.17, 15) is 0 Å². The molecule has 1 atom stereocenters. The standard InChI is InChI=1S/C13H17ClN4O2/c1-4-19-7-12-17-10(14)5-11(18-12)16-9(3)13-15-6-8(2)20-13/h5-6,9H,4,7H2,1-3H3,(H,16,17,18). The van der Waals surface area contributed by atoms with Gasteiger partial charge < -0.3 is 14.5 Å². The first kappa shape index (κ1) is 14.7. The zero-order valence-electron chi connectivity index (χ0n) is 11.7. The van der Waals surface area contributed by atoms with Crippen LogP contribution in [0.3, 0.4) is 0 Å². The minimum atomic E-state index is -0.116. The Morgan fingerprint density at radius 1 is 1.45 bits per heavy atom. The molecule has 0 saturated carbocycles. The fourth-order valence-corrected chi connectivity index (χ4v) is 1.85. The monoisotopic (exact) mass is 296 g/mol. The van der Waals surface area contributed by atoms with Crippen molar-refractivity contribution in [3.05, 3.63) is 34.9 Å². The molecule has 0 bridgehead atoms. The SMILES string of the molecule is CCOCc1nc(Cl)cc(NC(C)c2ncc(C)o2)n1. The fraction of sp³-hybridized carbons (Fsp3) is 0.462. The van der Waals surface area contributed by atoms with Gasteiger partial charge in [-0.25, -0.2) is 15.0 Å². The molecule has 0 saturated heterocycles. The van der Waals surface area contributed by atoms with Crippen molar-refractivity contribution in [2.24, 2.45) is 0 Å². The molecule has 0 amide bonds. The number of nitrogens with zero attached hydrogens (tertiary/aromatic N) is 3. The van der Waals surface area contributed by atoms with Crippen molar-refractivity contribution in [2.75, 3.05) is 11.9 Å². The second kappa shape index (κ2) is 6.67. The molecule has 7 heteroatoms. The summed E-state index contributed by atoms with van der Waals surface area (Å²) in [6, 6.07) is 1.54. The first-order valence-corrected chi connectivity index (χ1v) is 6.76. The molecular formula is C13H17ClN4O2. The van der Waals surface area contributed by atoms with E-state index in [1.807, 2.05) is 20.8 Å². The van der Waals surface area contributed by atoms with Gasteiger partial charge in [0.25, 0.3) is 0 Å². The van der Waals surface area contributed by atoms with Crippen LogP contribution in [0, 0.1) is 6.92 Å². The maximum Gasteiger partial charge on any atom is 0.216 e. The molecular weight excluding hydrogens is 280 g/mol. The molecule has 6 nitrogen and oxygen atoms in total. The van der Waals surface area contributed by atoms with Gasteiger partial charge in [-0.3, -0.25) is 0 Å². The average Bonchev–Trinajstić information content (AvgIpc) is 2.82. The van der Waals surface area contributed by atoms with Crippen molar-refractivity contribution in [1.29, 1.82) is 0 Å². The number of aromatic nitrogens is 3. The van der Waals surface area contributed by atoms with E-state index in [0.717, 1.165) is 5.76 Å². The van der Waals surface area contributed by atoms with Crippen LogP contribution in [-0.2, 0) is 11.3 Å². The third kappa shape index (κ3) is 3.91. The van der Waals surface area contributed by atoms with Gasteiger partial charge in [0, 0.05) is 12.7 Å². The van der Waals surface area contributed by atoms with Crippen LogP contribution in [0.1, 0.15) is 37.4 Å². The summed E-state index contributed by atoms with van der Waals surface area (Å²) in [7, 11) is 0. The molecule has 1 unspecified atom stereocenters. The smallest absolute Gasteiger partial charge is 0.216 e. The van der Waals surface area contributed by atoms with Crippen molar-refractivity contribution in [3.8, 4) is 0 Å². The molecule has 2 rings (SSSR count). The zero-order chi connectivity index (χ0) is 14.5. The molecule has 2 aromatic heterocycles. The van der Waals surface area contributed by atoms with Gasteiger partial charge in [0.05, 0.1) is 6.20 Å². The van der Waals surface area contributed by atoms with E-state index in [2.05, 4.69) is 20.3 Å². The summed E-state index contributed by atoms with van der Waals surface area (Å²) < 4.78 is 10.7. The molecule has 0 fully saturated rings. The Kier molecular flexibility index (Phi) is 4.92. The summed E-state index contributed by atoms with van der Waals surface area (Å²) in [5, 5.41) is 3.55. The Balaban J connectivity index is 2.10. The van der Waals surface area contributed by atoms with Gasteiger partial charge in [-0.1, -0.05) is 11.6 Å². The molecule has 0 aliphatic heterocycles. The van der Waals surface area contributed by atoms with Crippen LogP contribution in [0.2, 0.25) is 5.15 Å². The normalized spacial score (nSPS) is 12.4. The number of hydrogen-bond acceptors (Lipinski definition) is 6. The lowest BCUT2D eigenvalue weighted by molar-refractivity contribution is 0.128. The van der Waals surface area contributed by atoms with Gasteiger partial charge in [0.2, 0.25) is 5.89 Å². The summed E-state index contributed by atoms with van der Waals surface area (Å²) in [5.41, 5.74) is 0. The summed E-state index contributed by atoms with van der Waals surface area (Å²) in [5.74, 6) is 2.52. The van der Waals surface area contributed by atoms with Crippen LogP contribution < -0.4 is 5.32 Å². The number of nitrogens with one attached hydrogen (secondary N) is 1. The molecule has 2 aromatic rings. The van der Waals surface area contributed by atoms with Gasteiger partial charge in [-0.2, -0.15) is 0 Å². The minimum Gasteiger partial charge on any atom is -0.444 e. The maximum absolute atomic E-state index is 5.98. The van der Waals surface area contributed by atoms with E-state index in [1.54, 1.807) is 12.3 Å². The van der Waals surface area contributed by atoms with E-state index in [1.165, 1.54) is 0 Å². The predicted molar refractivity (Wildman–Crippen MR) is 75.6 cm³/mol. The van der Waals surface area contributed by atoms with E-state index in [-0.39, 0.29) is 6.04 Å². The Morgan fingerprint density at radius 2 is 2.25 bits per heavy atom. The van der Waals surface area contributed by atoms with E-state index < -0.39 is 0 Å². The summed E-state index contributed by atoms with van der Waals surface area (Å²) >= 11 is 5.98. The van der Waals surface area contributed by atoms with Crippen molar-refractivity contribution in [3.63, 3.8) is 0 Å². The molecule has 1 N–H and O–H groups in total. The van der Waals surface area contributed by atoms with Crippen molar-refractivity contribution >= 4 is 17.4 Å². The van der Waals surface area contributed by atoms with Crippen LogP contribution >= 0.6 is 11.6 Å². The molecule has 0 aliphatic carbocycles. The second-order valence-corrected chi connectivity index (χ2v) is 4.69. The maximum atomic E-state index is 5.98. The lowest BCUT2D eigenvalue weighted by atomic mass is 10.3. The first-order chi connectivity index (χ1) is 9.58. The quantitative estimate of drug-likeness (QED) is 0.826. The molecule has 108 valence electrons. The third-order valence-electron chi connectivity index (χ3n) is 2.55. The topological polar surface area (TPSA) is 73.1 Å². The first-order valence-electron chi connectivity index (χ1n) is 6.38. The molecule has 2 heterocycles. The summed E-state index contributed by atoms with van der Waals surface area (Å²) in [6.07, 6.45) is 1.68. The van der Waals surface area contributed by atoms with Gasteiger partial charge >= 0.3 is 0 Å². The van der Waals surface area contributed by atoms with Crippen LogP contribution in [0.4, 0.5) is 5.82 Å². The van der Waals surface area contributed by atoms with E-state index in [4.69, 9.17) is 20.8 Å². The Morgan fingerprint density at radius 3 is 2.90 bits per heavy atom. The average molecular weight is 297 g/mol. The van der Waals surface area contributed by atoms with Gasteiger partial charge in [0.15, 0.2) is 5.82 Å². The third-order valence-corrected chi connectivity index (χ3v) is 2.74. The number of ether oxygens (including phenoxy) is 1. The second-order valence-electron chi connectivity index (χ2n) is 4.30. The molecule has 0 radical (unpaired) electrons. The van der Waals surface area contributed by atoms with Crippen LogP contribution in [-0.4, -0.2) is 21.6 Å². The Hall–Kier alpha value is -1.66. The van der Waals surface area contributed by atoms with Gasteiger partial charge in [0.1, 0.15) is 29.4 Å². The van der Waals surface area contributed by atoms with E-state index in [0.29, 0.717) is 35.9 Å². The molecule has 0 aliphatic rings. The number of rotatable bonds is 6. The lowest BCUT2D eigenvalue weighted by Gasteiger charge is -2.12. The molecule has 0 spiro atoms. The Bertz CT molecular complexity index is 573. The molecule has 20 heavy (non-hydrogen) atoms. The summed E-state index contributed by atoms with van der Waals surface area (Å²) in [4.78, 5) is 12.6. The lowest BCUT2D eigenvalue weighted by Crippen LogP contribution is -2.10. The van der Waals surface area contributed by atoms with Crippen LogP contribution in [0.15, 0.2) is 16.7 Å². The van der Waals surface area contributed by atoms with Crippen LogP contribution in [0.5, 0.6) is 0 Å². The number of hydrogen-bond donors (Lipinski definition) is 1. The number of anilines is 1. The van der Waals surface area contributed by atoms with Crippen molar-refractivity contribution in [1.82, 2.24) is 15.0 Å². The van der Waals surface area contributed by atoms with E-state index >= 15 is 0 Å². The molecule has 0 aromatic carbocycles. The van der Waals surface area contributed by atoms with Crippen molar-refractivity contribution in [2.45, 2.75) is 33.4 Å². The highest BCUT2D eigenvalue weighted by atomic mass is 35.5. The van der Waals surface area contributed by atoms with Crippen molar-refractivity contribution < 1.29 is 9.15 Å². The minimum absolute atomic E-state index is 0.116. The summed E-state index contributed by atoms with van der Waals surface area (Å²) in [6.45, 7) is 6.63. The predicted octanol–water partition coefficient (Wildman–Crippen LogP) is 3.14. The van der Waals surface area contributed by atoms with Gasteiger partial charge in [-0.05, 0) is 20.8 Å². The fourth-order valence-electron chi connectivity index (χ4n) is 1.65. The van der Waals surface area contributed by atoms with Crippen LogP contribution in [0.25, 0.3) is 0 Å². The number of halogens is 1. The highest BCUT2D eigenvalue weighted by Gasteiger charge is 2.13. The number of oxazole rings is 1. The largest absolute Gasteiger partial charge is 0.444 e. The number of aryl methyl sites for hydroxylation is 1. The van der Waals surface area contributed by atoms with Gasteiger partial charge in [-0.15, -0.1) is 0 Å². The zero-order valence-corrected chi connectivity index (χ0v) is 12.4. The Labute approximate surface area is 122 Å².